The minimum absolute atomic E-state index is 0.147. The third-order valence-electron chi connectivity index (χ3n) is 5.70. The van der Waals surface area contributed by atoms with Crippen molar-refractivity contribution in [2.75, 3.05) is 45.1 Å². The molecule has 2 aliphatic rings. The fourth-order valence-electron chi connectivity index (χ4n) is 3.72. The summed E-state index contributed by atoms with van der Waals surface area (Å²) in [6, 6.07) is 5.95. The number of aromatic nitrogens is 4. The molecule has 3 aromatic heterocycles. The van der Waals surface area contributed by atoms with Gasteiger partial charge in [-0.05, 0) is 20.2 Å². The molecule has 0 aromatic carbocycles. The molecule has 0 radical (unpaired) electrons. The van der Waals surface area contributed by atoms with Crippen LogP contribution in [0.5, 0.6) is 23.3 Å². The molecule has 0 spiro atoms. The van der Waals surface area contributed by atoms with Crippen molar-refractivity contribution in [3.63, 3.8) is 0 Å². The van der Waals surface area contributed by atoms with Gasteiger partial charge in [0.15, 0.2) is 11.5 Å². The first-order valence-corrected chi connectivity index (χ1v) is 11.1. The number of pyridine rings is 2. The van der Waals surface area contributed by atoms with Crippen molar-refractivity contribution < 1.29 is 18.9 Å². The van der Waals surface area contributed by atoms with Gasteiger partial charge in [-0.3, -0.25) is 0 Å². The van der Waals surface area contributed by atoms with E-state index in [1.807, 2.05) is 12.1 Å². The van der Waals surface area contributed by atoms with Gasteiger partial charge >= 0.3 is 0 Å². The maximum Gasteiger partial charge on any atom is 0.257 e. The van der Waals surface area contributed by atoms with Crippen LogP contribution in [-0.4, -0.2) is 71.4 Å². The Morgan fingerprint density at radius 3 is 2.62 bits per heavy atom. The van der Waals surface area contributed by atoms with Gasteiger partial charge in [0.2, 0.25) is 5.95 Å². The SMILES string of the molecule is COc1cc(Nc2nccc(Nc3cnc4c(c3)OCCO4)n2)cnc1OC1CC(N(C)C)C1. The van der Waals surface area contributed by atoms with Gasteiger partial charge < -0.3 is 34.5 Å². The highest BCUT2D eigenvalue weighted by atomic mass is 16.6. The third kappa shape index (κ3) is 4.88. The molecule has 0 unspecified atom stereocenters. The van der Waals surface area contributed by atoms with Crippen molar-refractivity contribution in [2.24, 2.45) is 0 Å². The molecule has 34 heavy (non-hydrogen) atoms. The second-order valence-electron chi connectivity index (χ2n) is 8.30. The van der Waals surface area contributed by atoms with Crippen LogP contribution in [0.25, 0.3) is 0 Å². The molecule has 0 amide bonds. The number of hydrogen-bond donors (Lipinski definition) is 2. The first-order chi connectivity index (χ1) is 16.6. The molecule has 1 saturated carbocycles. The van der Waals surface area contributed by atoms with E-state index in [9.17, 15) is 0 Å². The molecule has 178 valence electrons. The highest BCUT2D eigenvalue weighted by Gasteiger charge is 2.33. The number of anilines is 4. The molecule has 5 rings (SSSR count). The number of fused-ring (bicyclic) bond motifs is 1. The Labute approximate surface area is 197 Å². The van der Waals surface area contributed by atoms with E-state index in [4.69, 9.17) is 18.9 Å². The van der Waals surface area contributed by atoms with E-state index in [0.717, 1.165) is 18.5 Å². The molecular formula is C23H27N7O4. The summed E-state index contributed by atoms with van der Waals surface area (Å²) in [5, 5.41) is 6.36. The van der Waals surface area contributed by atoms with Crippen molar-refractivity contribution in [2.45, 2.75) is 25.0 Å². The van der Waals surface area contributed by atoms with Crippen molar-refractivity contribution in [1.29, 1.82) is 0 Å². The Bertz CT molecular complexity index is 1150. The number of nitrogens with zero attached hydrogens (tertiary/aromatic N) is 5. The summed E-state index contributed by atoms with van der Waals surface area (Å²) in [7, 11) is 5.76. The molecule has 11 nitrogen and oxygen atoms in total. The zero-order chi connectivity index (χ0) is 23.5. The molecule has 11 heteroatoms. The maximum atomic E-state index is 6.03. The van der Waals surface area contributed by atoms with E-state index < -0.39 is 0 Å². The Hall–Kier alpha value is -3.86. The van der Waals surface area contributed by atoms with Crippen molar-refractivity contribution in [1.82, 2.24) is 24.8 Å². The van der Waals surface area contributed by atoms with Gasteiger partial charge in [0, 0.05) is 37.2 Å². The number of nitrogens with one attached hydrogen (secondary N) is 2. The number of rotatable bonds is 8. The number of methoxy groups -OCH3 is 1. The topological polar surface area (TPSA) is 116 Å². The normalized spacial score (nSPS) is 18.7. The zero-order valence-corrected chi connectivity index (χ0v) is 19.3. The van der Waals surface area contributed by atoms with Gasteiger partial charge in [0.1, 0.15) is 25.1 Å². The Morgan fingerprint density at radius 2 is 1.79 bits per heavy atom. The largest absolute Gasteiger partial charge is 0.491 e. The standard InChI is InChI=1S/C23H27N7O4/c1-30(2)16-10-17(11-16)34-22-18(31-3)8-15(13-26-22)28-23-24-5-4-20(29-23)27-14-9-19-21(25-12-14)33-7-6-32-19/h4-5,8-9,12-13,16-17H,6-7,10-11H2,1-3H3,(H2,24,27,28,29). The summed E-state index contributed by atoms with van der Waals surface area (Å²) >= 11 is 0. The lowest BCUT2D eigenvalue weighted by Gasteiger charge is -2.39. The van der Waals surface area contributed by atoms with Crippen LogP contribution in [0.2, 0.25) is 0 Å². The summed E-state index contributed by atoms with van der Waals surface area (Å²) in [5.41, 5.74) is 1.41. The first-order valence-electron chi connectivity index (χ1n) is 11.1. The van der Waals surface area contributed by atoms with Crippen molar-refractivity contribution in [3.05, 3.63) is 36.8 Å². The Morgan fingerprint density at radius 1 is 1.00 bits per heavy atom. The zero-order valence-electron chi connectivity index (χ0n) is 19.3. The monoisotopic (exact) mass is 465 g/mol. The summed E-state index contributed by atoms with van der Waals surface area (Å²) in [5.74, 6) is 3.12. The molecule has 0 atom stereocenters. The molecule has 2 N–H and O–H groups in total. The van der Waals surface area contributed by atoms with E-state index in [0.29, 0.717) is 60.0 Å². The Kier molecular flexibility index (Phi) is 6.17. The smallest absolute Gasteiger partial charge is 0.257 e. The average Bonchev–Trinajstić information content (AvgIpc) is 2.81. The molecule has 0 bridgehead atoms. The Balaban J connectivity index is 1.24. The van der Waals surface area contributed by atoms with Crippen LogP contribution in [0.1, 0.15) is 12.8 Å². The third-order valence-corrected chi connectivity index (χ3v) is 5.70. The van der Waals surface area contributed by atoms with Crippen LogP contribution in [0.15, 0.2) is 36.8 Å². The van der Waals surface area contributed by atoms with E-state index in [-0.39, 0.29) is 6.10 Å². The van der Waals surface area contributed by atoms with Gasteiger partial charge in [-0.2, -0.15) is 4.98 Å². The first kappa shape index (κ1) is 22.0. The summed E-state index contributed by atoms with van der Waals surface area (Å²) in [6.07, 6.45) is 7.10. The number of ether oxygens (including phenoxy) is 4. The summed E-state index contributed by atoms with van der Waals surface area (Å²) < 4.78 is 22.6. The highest BCUT2D eigenvalue weighted by molar-refractivity contribution is 5.61. The van der Waals surface area contributed by atoms with Gasteiger partial charge in [-0.1, -0.05) is 0 Å². The molecule has 4 heterocycles. The lowest BCUT2D eigenvalue weighted by atomic mass is 9.88. The quantitative estimate of drug-likeness (QED) is 0.511. The second-order valence-corrected chi connectivity index (χ2v) is 8.30. The van der Waals surface area contributed by atoms with E-state index >= 15 is 0 Å². The molecule has 1 fully saturated rings. The lowest BCUT2D eigenvalue weighted by Crippen LogP contribution is -2.46. The number of hydrogen-bond acceptors (Lipinski definition) is 11. The molecular weight excluding hydrogens is 438 g/mol. The van der Waals surface area contributed by atoms with Crippen LogP contribution < -0.4 is 29.6 Å². The van der Waals surface area contributed by atoms with Crippen LogP contribution in [0.3, 0.4) is 0 Å². The van der Waals surface area contributed by atoms with Gasteiger partial charge in [-0.25, -0.2) is 15.0 Å². The van der Waals surface area contributed by atoms with Gasteiger partial charge in [0.05, 0.1) is 30.9 Å². The average molecular weight is 466 g/mol. The van der Waals surface area contributed by atoms with Gasteiger partial charge in [0.25, 0.3) is 11.8 Å². The molecule has 3 aromatic rings. The second kappa shape index (κ2) is 9.56. The fourth-order valence-corrected chi connectivity index (χ4v) is 3.72. The molecule has 1 aliphatic carbocycles. The van der Waals surface area contributed by atoms with Crippen molar-refractivity contribution >= 4 is 23.1 Å². The van der Waals surface area contributed by atoms with E-state index in [1.165, 1.54) is 0 Å². The van der Waals surface area contributed by atoms with Crippen molar-refractivity contribution in [3.8, 4) is 23.3 Å². The molecule has 1 aliphatic heterocycles. The lowest BCUT2D eigenvalue weighted by molar-refractivity contribution is 0.0351. The van der Waals surface area contributed by atoms with Crippen LogP contribution in [0, 0.1) is 0 Å². The predicted octanol–water partition coefficient (Wildman–Crippen LogP) is 3.01. The van der Waals surface area contributed by atoms with Crippen LogP contribution in [-0.2, 0) is 0 Å². The summed E-state index contributed by atoms with van der Waals surface area (Å²) in [6.45, 7) is 0.996. The minimum atomic E-state index is 0.147. The minimum Gasteiger partial charge on any atom is -0.491 e. The van der Waals surface area contributed by atoms with E-state index in [1.54, 1.807) is 31.8 Å². The van der Waals surface area contributed by atoms with Gasteiger partial charge in [-0.15, -0.1) is 0 Å². The van der Waals surface area contributed by atoms with Crippen LogP contribution in [0.4, 0.5) is 23.1 Å². The highest BCUT2D eigenvalue weighted by Crippen LogP contribution is 2.34. The predicted molar refractivity (Wildman–Crippen MR) is 126 cm³/mol. The fraction of sp³-hybridized carbons (Fsp3) is 0.391. The summed E-state index contributed by atoms with van der Waals surface area (Å²) in [4.78, 5) is 19.7. The molecule has 0 saturated heterocycles. The maximum absolute atomic E-state index is 6.03. The van der Waals surface area contributed by atoms with E-state index in [2.05, 4.69) is 49.6 Å². The van der Waals surface area contributed by atoms with Crippen LogP contribution >= 0.6 is 0 Å².